The van der Waals surface area contributed by atoms with E-state index in [9.17, 15) is 24.7 Å². The molecule has 0 heterocycles. The molecular weight excluding hydrogens is 273 g/mol. The van der Waals surface area contributed by atoms with Crippen LogP contribution >= 0.6 is 7.82 Å². The molecule has 0 aliphatic rings. The normalized spacial score (nSPS) is 16.5. The van der Waals surface area contributed by atoms with Gasteiger partial charge in [0.25, 0.3) is 0 Å². The summed E-state index contributed by atoms with van der Waals surface area (Å²) in [5.41, 5.74) is 7.95. The van der Waals surface area contributed by atoms with Crippen LogP contribution in [0.15, 0.2) is 5.11 Å². The number of hydrogen-bond donors (Lipinski definition) is 5. The smallest absolute Gasteiger partial charge is 0.390 e. The second kappa shape index (κ2) is 7.41. The number of azide groups is 1. The number of phosphoric ester groups is 1. The molecule has 0 aliphatic carbocycles. The molecular formula is C6H12N3O8P. The zero-order valence-electron chi connectivity index (χ0n) is 8.90. The Kier molecular flexibility index (Phi) is 6.99. The monoisotopic (exact) mass is 285 g/mol. The van der Waals surface area contributed by atoms with E-state index in [-0.39, 0.29) is 0 Å². The molecule has 0 aromatic rings. The minimum atomic E-state index is -4.87. The highest BCUT2D eigenvalue weighted by atomic mass is 31.2. The van der Waals surface area contributed by atoms with Crippen molar-refractivity contribution < 1.29 is 39.0 Å². The van der Waals surface area contributed by atoms with Gasteiger partial charge in [-0.05, 0) is 5.53 Å². The van der Waals surface area contributed by atoms with Gasteiger partial charge in [-0.3, -0.25) is 9.32 Å². The first-order valence-electron chi connectivity index (χ1n) is 4.47. The van der Waals surface area contributed by atoms with Crippen LogP contribution in [0.25, 0.3) is 10.4 Å². The van der Waals surface area contributed by atoms with Crippen molar-refractivity contribution in [2.45, 2.75) is 18.3 Å². The Morgan fingerprint density at radius 2 is 1.94 bits per heavy atom. The van der Waals surface area contributed by atoms with E-state index in [1.54, 1.807) is 0 Å². The van der Waals surface area contributed by atoms with E-state index in [1.807, 2.05) is 0 Å². The molecule has 0 spiro atoms. The summed E-state index contributed by atoms with van der Waals surface area (Å²) in [5.74, 6) is -1.24. The minimum absolute atomic E-state index is 0.582. The van der Waals surface area contributed by atoms with Crippen molar-refractivity contribution >= 4 is 13.6 Å². The zero-order chi connectivity index (χ0) is 14.3. The zero-order valence-corrected chi connectivity index (χ0v) is 9.79. The third-order valence-corrected chi connectivity index (χ3v) is 2.22. The van der Waals surface area contributed by atoms with Gasteiger partial charge < -0.3 is 25.1 Å². The number of Topliss-reactive ketones (excluding diaryl/α,β-unsaturated/α-hetero) is 1. The lowest BCUT2D eigenvalue weighted by atomic mass is 10.1. The lowest BCUT2D eigenvalue weighted by molar-refractivity contribution is -0.140. The first-order chi connectivity index (χ1) is 8.19. The van der Waals surface area contributed by atoms with Crippen molar-refractivity contribution in [2.24, 2.45) is 5.11 Å². The van der Waals surface area contributed by atoms with Gasteiger partial charge in [0.1, 0.15) is 18.8 Å². The molecule has 0 saturated heterocycles. The van der Waals surface area contributed by atoms with Crippen LogP contribution in [-0.4, -0.2) is 62.4 Å². The van der Waals surface area contributed by atoms with Crippen LogP contribution in [0.3, 0.4) is 0 Å². The molecule has 0 amide bonds. The van der Waals surface area contributed by atoms with Crippen molar-refractivity contribution in [3.8, 4) is 0 Å². The van der Waals surface area contributed by atoms with Crippen molar-refractivity contribution in [1.29, 1.82) is 0 Å². The van der Waals surface area contributed by atoms with E-state index >= 15 is 0 Å². The Labute approximate surface area is 100 Å². The minimum Gasteiger partial charge on any atom is -0.390 e. The SMILES string of the molecule is [N-]=[N+]=NC[C@H](O)[C@@H](O)[C@H](O)C(=O)COP(=O)(O)O. The van der Waals surface area contributed by atoms with E-state index in [2.05, 4.69) is 14.5 Å². The van der Waals surface area contributed by atoms with Gasteiger partial charge in [0.05, 0.1) is 12.6 Å². The average molecular weight is 285 g/mol. The number of ketones is 1. The van der Waals surface area contributed by atoms with E-state index in [0.29, 0.717) is 0 Å². The van der Waals surface area contributed by atoms with Gasteiger partial charge in [0, 0.05) is 4.91 Å². The van der Waals surface area contributed by atoms with Gasteiger partial charge in [0.15, 0.2) is 5.78 Å². The van der Waals surface area contributed by atoms with Crippen LogP contribution in [0.4, 0.5) is 0 Å². The van der Waals surface area contributed by atoms with Crippen LogP contribution < -0.4 is 0 Å². The molecule has 0 radical (unpaired) electrons. The molecule has 0 saturated carbocycles. The fraction of sp³-hybridized carbons (Fsp3) is 0.833. The van der Waals surface area contributed by atoms with Crippen LogP contribution in [-0.2, 0) is 13.9 Å². The van der Waals surface area contributed by atoms with E-state index in [4.69, 9.17) is 15.3 Å². The van der Waals surface area contributed by atoms with Crippen molar-refractivity contribution in [2.75, 3.05) is 13.2 Å². The quantitative estimate of drug-likeness (QED) is 0.147. The highest BCUT2D eigenvalue weighted by Crippen LogP contribution is 2.35. The number of rotatable bonds is 8. The summed E-state index contributed by atoms with van der Waals surface area (Å²) in [7, 11) is -4.87. The Balaban J connectivity index is 4.35. The van der Waals surface area contributed by atoms with E-state index < -0.39 is 45.1 Å². The first-order valence-corrected chi connectivity index (χ1v) is 6.00. The number of aliphatic hydroxyl groups excluding tert-OH is 3. The molecule has 5 N–H and O–H groups in total. The number of hydrogen-bond acceptors (Lipinski definition) is 7. The van der Waals surface area contributed by atoms with Gasteiger partial charge in [0.2, 0.25) is 0 Å². The van der Waals surface area contributed by atoms with Crippen LogP contribution in [0, 0.1) is 0 Å². The number of phosphoric acid groups is 1. The summed E-state index contributed by atoms with van der Waals surface area (Å²) < 4.78 is 14.1. The molecule has 0 aromatic heterocycles. The third-order valence-electron chi connectivity index (χ3n) is 1.75. The van der Waals surface area contributed by atoms with Crippen LogP contribution in [0.5, 0.6) is 0 Å². The summed E-state index contributed by atoms with van der Waals surface area (Å²) in [6.07, 6.45) is -5.79. The standard InChI is InChI=1S/C6H12N3O8P/c7-9-8-1-3(10)5(12)6(13)4(11)2-17-18(14,15)16/h3,5-6,10,12-13H,1-2H2,(H2,14,15,16)/t3-,5+,6+/m0/s1. The number of aliphatic hydroxyl groups is 3. The second-order valence-corrected chi connectivity index (χ2v) is 4.39. The predicted molar refractivity (Wildman–Crippen MR) is 55.0 cm³/mol. The fourth-order valence-corrected chi connectivity index (χ4v) is 1.16. The van der Waals surface area contributed by atoms with Gasteiger partial charge >= 0.3 is 7.82 Å². The molecule has 12 heteroatoms. The molecule has 11 nitrogen and oxygen atoms in total. The predicted octanol–water partition coefficient (Wildman–Crippen LogP) is -1.94. The highest BCUT2D eigenvalue weighted by Gasteiger charge is 2.31. The molecule has 3 atom stereocenters. The highest BCUT2D eigenvalue weighted by molar-refractivity contribution is 7.46. The lowest BCUT2D eigenvalue weighted by Gasteiger charge is -2.20. The molecule has 0 fully saturated rings. The Morgan fingerprint density at radius 1 is 1.39 bits per heavy atom. The van der Waals surface area contributed by atoms with Gasteiger partial charge in [-0.25, -0.2) is 4.57 Å². The summed E-state index contributed by atoms with van der Waals surface area (Å²) in [4.78, 5) is 30.0. The Hall–Kier alpha value is -1.03. The molecule has 0 rings (SSSR count). The Morgan fingerprint density at radius 3 is 2.39 bits per heavy atom. The van der Waals surface area contributed by atoms with Gasteiger partial charge in [-0.2, -0.15) is 0 Å². The van der Waals surface area contributed by atoms with Crippen molar-refractivity contribution in [3.05, 3.63) is 10.4 Å². The number of nitrogens with zero attached hydrogens (tertiary/aromatic N) is 3. The number of carbonyl (C=O) groups is 1. The molecule has 0 aromatic carbocycles. The summed E-state index contributed by atoms with van der Waals surface area (Å²) in [6.45, 7) is -1.72. The number of carbonyl (C=O) groups excluding carboxylic acids is 1. The van der Waals surface area contributed by atoms with Crippen molar-refractivity contribution in [1.82, 2.24) is 0 Å². The summed E-state index contributed by atoms with van der Waals surface area (Å²) in [6, 6.07) is 0. The Bertz CT molecular complexity index is 377. The largest absolute Gasteiger partial charge is 0.470 e. The molecule has 0 aliphatic heterocycles. The molecule has 0 bridgehead atoms. The molecule has 104 valence electrons. The second-order valence-electron chi connectivity index (χ2n) is 3.15. The average Bonchev–Trinajstić information content (AvgIpc) is 2.29. The summed E-state index contributed by atoms with van der Waals surface area (Å²) >= 11 is 0. The fourth-order valence-electron chi connectivity index (χ4n) is 0.862. The maximum Gasteiger partial charge on any atom is 0.470 e. The molecule has 0 unspecified atom stereocenters. The summed E-state index contributed by atoms with van der Waals surface area (Å²) in [5, 5.41) is 30.6. The van der Waals surface area contributed by atoms with Crippen molar-refractivity contribution in [3.63, 3.8) is 0 Å². The molecule has 18 heavy (non-hydrogen) atoms. The van der Waals surface area contributed by atoms with Crippen LogP contribution in [0.1, 0.15) is 0 Å². The van der Waals surface area contributed by atoms with E-state index in [0.717, 1.165) is 0 Å². The van der Waals surface area contributed by atoms with Gasteiger partial charge in [-0.15, -0.1) is 0 Å². The van der Waals surface area contributed by atoms with Gasteiger partial charge in [-0.1, -0.05) is 5.11 Å². The third kappa shape index (κ3) is 6.64. The topological polar surface area (TPSA) is 193 Å². The first kappa shape index (κ1) is 17.0. The lowest BCUT2D eigenvalue weighted by Crippen LogP contribution is -2.44. The maximum atomic E-state index is 11.1. The van der Waals surface area contributed by atoms with E-state index in [1.165, 1.54) is 0 Å². The maximum absolute atomic E-state index is 11.1. The van der Waals surface area contributed by atoms with Crippen LogP contribution in [0.2, 0.25) is 0 Å².